The molecule has 16 nitrogen and oxygen atoms in total. The molecule has 8 N–H and O–H groups in total. The van der Waals surface area contributed by atoms with Gasteiger partial charge in [-0.15, -0.1) is 0 Å². The average Bonchev–Trinajstić information content (AvgIpc) is 3.14. The summed E-state index contributed by atoms with van der Waals surface area (Å²) >= 11 is 0. The van der Waals surface area contributed by atoms with Crippen molar-refractivity contribution in [2.24, 2.45) is 29.3 Å². The molecule has 57 heavy (non-hydrogen) atoms. The van der Waals surface area contributed by atoms with Crippen LogP contribution >= 0.6 is 0 Å². The van der Waals surface area contributed by atoms with Gasteiger partial charge in [0.15, 0.2) is 12.6 Å². The summed E-state index contributed by atoms with van der Waals surface area (Å²) in [7, 11) is 5.52. The van der Waals surface area contributed by atoms with E-state index in [2.05, 4.69) is 31.2 Å². The van der Waals surface area contributed by atoms with Gasteiger partial charge in [-0.1, -0.05) is 20.8 Å². The second kappa shape index (κ2) is 19.4. The number of nitrogens with two attached hydrogens (primary N) is 2. The molecule has 0 bridgehead atoms. The zero-order valence-corrected chi connectivity index (χ0v) is 36.8. The lowest BCUT2D eigenvalue weighted by Gasteiger charge is -2.56. The van der Waals surface area contributed by atoms with Gasteiger partial charge in [0.05, 0.1) is 41.5 Å². The summed E-state index contributed by atoms with van der Waals surface area (Å²) in [5, 5.41) is 34.5. The number of carbonyl (C=O) groups excluding carboxylic acids is 1. The zero-order chi connectivity index (χ0) is 42.8. The molecule has 18 atom stereocenters. The molecule has 0 aromatic heterocycles. The molecular weight excluding hydrogens is 738 g/mol. The Bertz CT molecular complexity index is 1350. The van der Waals surface area contributed by atoms with Crippen LogP contribution in [0.3, 0.4) is 0 Å². The van der Waals surface area contributed by atoms with Crippen molar-refractivity contribution in [1.82, 2.24) is 15.2 Å². The van der Waals surface area contributed by atoms with E-state index in [0.29, 0.717) is 38.0 Å². The van der Waals surface area contributed by atoms with Gasteiger partial charge in [-0.25, -0.2) is 0 Å². The summed E-state index contributed by atoms with van der Waals surface area (Å²) < 4.78 is 46.0. The van der Waals surface area contributed by atoms with Gasteiger partial charge in [-0.05, 0) is 87.7 Å². The van der Waals surface area contributed by atoms with Crippen molar-refractivity contribution in [2.45, 2.75) is 192 Å². The first-order valence-electron chi connectivity index (χ1n) is 21.0. The van der Waals surface area contributed by atoms with E-state index in [0.717, 1.165) is 0 Å². The fraction of sp³-hybridized carbons (Fsp3) is 0.927. The zero-order valence-electron chi connectivity index (χ0n) is 36.8. The van der Waals surface area contributed by atoms with E-state index in [-0.39, 0.29) is 30.9 Å². The van der Waals surface area contributed by atoms with Crippen LogP contribution in [0.5, 0.6) is 0 Å². The highest BCUT2D eigenvalue weighted by molar-refractivity contribution is 5.73. The number of methoxy groups -OCH3 is 1. The Hall–Kier alpha value is -1.67. The highest BCUT2D eigenvalue weighted by Crippen LogP contribution is 2.46. The number of hydrogen-bond donors (Lipinski definition) is 6. The van der Waals surface area contributed by atoms with Crippen LogP contribution in [0.25, 0.3) is 0 Å². The van der Waals surface area contributed by atoms with Crippen LogP contribution < -0.4 is 17.0 Å². The van der Waals surface area contributed by atoms with Gasteiger partial charge in [0, 0.05) is 62.9 Å². The molecule has 0 aromatic carbocycles. The summed E-state index contributed by atoms with van der Waals surface area (Å²) in [6.45, 7) is 20.0. The Morgan fingerprint density at radius 1 is 1.07 bits per heavy atom. The molecule has 332 valence electrons. The Kier molecular flexibility index (Phi) is 16.3. The van der Waals surface area contributed by atoms with Crippen molar-refractivity contribution >= 4 is 5.97 Å². The number of carbonyl (C=O) groups is 1. The van der Waals surface area contributed by atoms with Crippen LogP contribution in [0.2, 0.25) is 0 Å². The van der Waals surface area contributed by atoms with Crippen molar-refractivity contribution in [3.8, 4) is 0 Å². The molecule has 4 aliphatic heterocycles. The predicted octanol–water partition coefficient (Wildman–Crippen LogP) is 1.97. The number of hydrogen-bond acceptors (Lipinski definition) is 16. The average molecular weight is 816 g/mol. The fourth-order valence-electron chi connectivity index (χ4n) is 9.82. The second-order valence-corrected chi connectivity index (χ2v) is 18.4. The lowest BCUT2D eigenvalue weighted by Crippen LogP contribution is -2.68. The molecule has 4 rings (SSSR count). The number of esters is 1. The predicted molar refractivity (Wildman–Crippen MR) is 214 cm³/mol. The molecule has 0 spiro atoms. The molecule has 4 saturated heterocycles. The van der Waals surface area contributed by atoms with Gasteiger partial charge >= 0.3 is 5.97 Å². The van der Waals surface area contributed by atoms with E-state index in [1.165, 1.54) is 6.92 Å². The summed E-state index contributed by atoms with van der Waals surface area (Å²) in [5.41, 5.74) is 5.65. The van der Waals surface area contributed by atoms with Crippen molar-refractivity contribution in [1.29, 1.82) is 0 Å². The minimum atomic E-state index is -1.76. The molecule has 4 aliphatic rings. The number of ether oxygens (including phenoxy) is 7. The van der Waals surface area contributed by atoms with Crippen LogP contribution in [0.15, 0.2) is 11.9 Å². The van der Waals surface area contributed by atoms with Crippen molar-refractivity contribution < 1.29 is 53.3 Å². The highest BCUT2D eigenvalue weighted by atomic mass is 16.7. The SMILES string of the molecule is CC[C@H]1OC(=O)[C@H](C)[C@@H](O[C@H]2C[C@@](C)(OC)[C@@H](O)[C@H](C)O2)[C@H](C)[C@H]2O[C@@H]3O[C@H](C)C[C@H](N(C)CC/C(N)=C/NN)[C@H]3O[C@]2(C)C[C@@H](C)CN(C)[C@H](C)[C@@H](O)[C@]1(C)O. The largest absolute Gasteiger partial charge is 0.459 e. The lowest BCUT2D eigenvalue weighted by atomic mass is 9.76. The Balaban J connectivity index is 1.80. The number of aliphatic hydroxyl groups is 3. The molecule has 0 amide bonds. The highest BCUT2D eigenvalue weighted by Gasteiger charge is 2.57. The maximum absolute atomic E-state index is 14.4. The number of likely N-dealkylation sites (N-methyl/N-ethyl adjacent to an activating group) is 2. The first kappa shape index (κ1) is 48.0. The lowest BCUT2D eigenvalue weighted by molar-refractivity contribution is -0.378. The van der Waals surface area contributed by atoms with Crippen LogP contribution in [-0.2, 0) is 38.0 Å². The van der Waals surface area contributed by atoms with E-state index >= 15 is 0 Å². The van der Waals surface area contributed by atoms with Gasteiger partial charge in [-0.2, -0.15) is 0 Å². The summed E-state index contributed by atoms with van der Waals surface area (Å²) in [6.07, 6.45) is -3.59. The third kappa shape index (κ3) is 10.6. The second-order valence-electron chi connectivity index (χ2n) is 18.4. The van der Waals surface area contributed by atoms with Gasteiger partial charge in [0.25, 0.3) is 0 Å². The quantitative estimate of drug-likeness (QED) is 0.112. The van der Waals surface area contributed by atoms with Gasteiger partial charge in [-0.3, -0.25) is 10.6 Å². The Morgan fingerprint density at radius 3 is 2.35 bits per heavy atom. The topological polar surface area (TPSA) is 213 Å². The third-order valence-electron chi connectivity index (χ3n) is 13.5. The number of cyclic esters (lactones) is 1. The molecule has 0 radical (unpaired) electrons. The Labute approximate surface area is 341 Å². The van der Waals surface area contributed by atoms with Crippen LogP contribution in [-0.4, -0.2) is 156 Å². The minimum absolute atomic E-state index is 0.0240. The first-order valence-corrected chi connectivity index (χ1v) is 21.0. The van der Waals surface area contributed by atoms with Crippen LogP contribution in [0.4, 0.5) is 0 Å². The number of aliphatic hydroxyl groups excluding tert-OH is 2. The smallest absolute Gasteiger partial charge is 0.311 e. The number of nitrogens with zero attached hydrogens (tertiary/aromatic N) is 2. The molecule has 4 fully saturated rings. The van der Waals surface area contributed by atoms with Gasteiger partial charge in [0.1, 0.15) is 30.0 Å². The van der Waals surface area contributed by atoms with Crippen molar-refractivity contribution in [3.63, 3.8) is 0 Å². The van der Waals surface area contributed by atoms with Crippen LogP contribution in [0.1, 0.15) is 101 Å². The van der Waals surface area contributed by atoms with E-state index in [1.54, 1.807) is 27.2 Å². The summed E-state index contributed by atoms with van der Waals surface area (Å²) in [5.74, 6) is 3.48. The molecular formula is C41H77N5O11. The standard InChI is InChI=1S/C41H77N5O11/c1-14-30-41(10,50)34(47)26(6)46(12)21-22(2)18-40(9)36(56-38-33(57-40)29(17-23(3)52-38)45(11)16-15-28(42)20-44-43)24(4)32(25(5)37(49)54-30)55-31-19-39(8,51-13)35(48)27(7)53-31/h20,22-27,29-36,38,44,47-48,50H,14-19,21,42-43H2,1-13H3/b28-20-/t22-,23-,24+,25-,26-,27+,29+,30-,31+,32+,33-,34-,35+,36-,38+,39-,40-,41-/m1/s1. The van der Waals surface area contributed by atoms with Crippen LogP contribution in [0, 0.1) is 17.8 Å². The van der Waals surface area contributed by atoms with E-state index < -0.39 is 96.0 Å². The fourth-order valence-corrected chi connectivity index (χ4v) is 9.82. The van der Waals surface area contributed by atoms with Crippen molar-refractivity contribution in [3.05, 3.63) is 11.9 Å². The van der Waals surface area contributed by atoms with E-state index in [1.807, 2.05) is 46.6 Å². The molecule has 0 saturated carbocycles. The monoisotopic (exact) mass is 816 g/mol. The van der Waals surface area contributed by atoms with Gasteiger partial charge in [0.2, 0.25) is 0 Å². The molecule has 0 aromatic rings. The molecule has 16 heteroatoms. The number of nitrogens with one attached hydrogen (secondary N) is 1. The summed E-state index contributed by atoms with van der Waals surface area (Å²) in [6, 6.07) is -0.554. The van der Waals surface area contributed by atoms with E-state index in [9.17, 15) is 20.1 Å². The molecule has 4 heterocycles. The summed E-state index contributed by atoms with van der Waals surface area (Å²) in [4.78, 5) is 18.6. The number of fused-ring (bicyclic) bond motifs is 2. The maximum Gasteiger partial charge on any atom is 0.311 e. The molecule has 0 unspecified atom stereocenters. The Morgan fingerprint density at radius 2 is 1.74 bits per heavy atom. The van der Waals surface area contributed by atoms with Gasteiger partial charge < -0.3 is 69.4 Å². The maximum atomic E-state index is 14.4. The first-order chi connectivity index (χ1) is 26.5. The molecule has 0 aliphatic carbocycles. The van der Waals surface area contributed by atoms with Crippen molar-refractivity contribution in [2.75, 3.05) is 34.3 Å². The normalized spacial score (nSPS) is 47.3. The number of rotatable bonds is 9. The minimum Gasteiger partial charge on any atom is -0.459 e. The number of hydrazine groups is 1. The van der Waals surface area contributed by atoms with E-state index in [4.69, 9.17) is 44.7 Å². The third-order valence-corrected chi connectivity index (χ3v) is 13.5.